The number of carbonyl (C=O) groups excluding carboxylic acids is 1. The fraction of sp³-hybridized carbons (Fsp3) is 0.588. The summed E-state index contributed by atoms with van der Waals surface area (Å²) in [5, 5.41) is 15.0. The number of aryl methyl sites for hydroxylation is 2. The van der Waals surface area contributed by atoms with Crippen molar-refractivity contribution in [2.75, 3.05) is 13.1 Å². The minimum atomic E-state index is -0.325. The lowest BCUT2D eigenvalue weighted by atomic mass is 10.0. The first-order chi connectivity index (χ1) is 9.86. The molecule has 21 heavy (non-hydrogen) atoms. The molecule has 0 bridgehead atoms. The van der Waals surface area contributed by atoms with Gasteiger partial charge in [-0.15, -0.1) is 0 Å². The fourth-order valence-corrected chi connectivity index (χ4v) is 2.53. The van der Waals surface area contributed by atoms with Gasteiger partial charge in [-0.1, -0.05) is 36.2 Å². The van der Waals surface area contributed by atoms with Gasteiger partial charge in [0.15, 0.2) is 0 Å². The Hall–Kier alpha value is -1.55. The summed E-state index contributed by atoms with van der Waals surface area (Å²) in [5.74, 6) is 0.273. The van der Waals surface area contributed by atoms with Crippen LogP contribution in [0.2, 0.25) is 0 Å². The van der Waals surface area contributed by atoms with Gasteiger partial charge in [0.25, 0.3) is 0 Å². The molecule has 3 N–H and O–H groups in total. The third kappa shape index (κ3) is 7.71. The summed E-state index contributed by atoms with van der Waals surface area (Å²) in [5.41, 5.74) is 3.75. The Bertz CT molecular complexity index is 438. The van der Waals surface area contributed by atoms with E-state index in [-0.39, 0.29) is 18.1 Å². The van der Waals surface area contributed by atoms with E-state index in [1.54, 1.807) is 6.92 Å². The number of hydrogen-bond acceptors (Lipinski definition) is 2. The van der Waals surface area contributed by atoms with E-state index in [9.17, 15) is 9.90 Å². The molecule has 0 saturated heterocycles. The molecule has 0 saturated carbocycles. The Morgan fingerprint density at radius 3 is 2.33 bits per heavy atom. The average molecular weight is 292 g/mol. The van der Waals surface area contributed by atoms with Gasteiger partial charge < -0.3 is 15.7 Å². The van der Waals surface area contributed by atoms with Crippen molar-refractivity contribution in [3.8, 4) is 0 Å². The molecule has 1 aromatic rings. The van der Waals surface area contributed by atoms with Crippen LogP contribution >= 0.6 is 0 Å². The number of hydrogen-bond donors (Lipinski definition) is 3. The third-order valence-corrected chi connectivity index (χ3v) is 3.34. The van der Waals surface area contributed by atoms with Crippen LogP contribution in [0.4, 0.5) is 4.79 Å². The SMILES string of the molecule is Cc1cc(C)cc(CCNC(=O)NCC(C)CC(C)O)c1. The Morgan fingerprint density at radius 1 is 1.14 bits per heavy atom. The van der Waals surface area contributed by atoms with E-state index in [1.807, 2.05) is 6.92 Å². The Labute approximate surface area is 128 Å². The van der Waals surface area contributed by atoms with Gasteiger partial charge in [0.2, 0.25) is 0 Å². The lowest BCUT2D eigenvalue weighted by molar-refractivity contribution is 0.163. The third-order valence-electron chi connectivity index (χ3n) is 3.34. The predicted octanol–water partition coefficient (Wildman–Crippen LogP) is 2.55. The predicted molar refractivity (Wildman–Crippen MR) is 86.5 cm³/mol. The summed E-state index contributed by atoms with van der Waals surface area (Å²) in [7, 11) is 0. The van der Waals surface area contributed by atoms with Crippen molar-refractivity contribution in [3.63, 3.8) is 0 Å². The summed E-state index contributed by atoms with van der Waals surface area (Å²) in [6, 6.07) is 6.30. The van der Waals surface area contributed by atoms with Crippen LogP contribution in [0.1, 0.15) is 37.0 Å². The van der Waals surface area contributed by atoms with E-state index < -0.39 is 0 Å². The second kappa shape index (κ2) is 8.67. The van der Waals surface area contributed by atoms with Gasteiger partial charge in [-0.05, 0) is 45.1 Å². The van der Waals surface area contributed by atoms with Crippen molar-refractivity contribution in [2.45, 2.75) is 46.6 Å². The summed E-state index contributed by atoms with van der Waals surface area (Å²) in [6.07, 6.45) is 1.21. The number of rotatable bonds is 7. The molecule has 0 spiro atoms. The van der Waals surface area contributed by atoms with E-state index in [0.29, 0.717) is 19.5 Å². The van der Waals surface area contributed by atoms with Crippen LogP contribution in [0.25, 0.3) is 0 Å². The molecule has 4 nitrogen and oxygen atoms in total. The van der Waals surface area contributed by atoms with Crippen molar-refractivity contribution >= 4 is 6.03 Å². The van der Waals surface area contributed by atoms with Gasteiger partial charge in [0.1, 0.15) is 0 Å². The van der Waals surface area contributed by atoms with Crippen molar-refractivity contribution in [1.82, 2.24) is 10.6 Å². The number of amides is 2. The standard InChI is InChI=1S/C17H28N2O2/c1-12-7-13(2)10-16(9-12)5-6-18-17(21)19-11-14(3)8-15(4)20/h7,9-10,14-15,20H,5-6,8,11H2,1-4H3,(H2,18,19,21). The minimum absolute atomic E-state index is 0.142. The molecule has 1 aromatic carbocycles. The Balaban J connectivity index is 2.24. The lowest BCUT2D eigenvalue weighted by Gasteiger charge is -2.14. The number of carbonyl (C=O) groups is 1. The second-order valence-corrected chi connectivity index (χ2v) is 6.07. The molecule has 0 aromatic heterocycles. The molecule has 0 fully saturated rings. The fourth-order valence-electron chi connectivity index (χ4n) is 2.53. The lowest BCUT2D eigenvalue weighted by Crippen LogP contribution is -2.39. The minimum Gasteiger partial charge on any atom is -0.393 e. The van der Waals surface area contributed by atoms with Crippen molar-refractivity contribution in [1.29, 1.82) is 0 Å². The molecular weight excluding hydrogens is 264 g/mol. The zero-order valence-corrected chi connectivity index (χ0v) is 13.6. The smallest absolute Gasteiger partial charge is 0.314 e. The van der Waals surface area contributed by atoms with E-state index in [1.165, 1.54) is 16.7 Å². The Kier molecular flexibility index (Phi) is 7.23. The van der Waals surface area contributed by atoms with Crippen LogP contribution in [0.15, 0.2) is 18.2 Å². The molecule has 0 radical (unpaired) electrons. The quantitative estimate of drug-likeness (QED) is 0.723. The molecule has 2 atom stereocenters. The molecular formula is C17H28N2O2. The average Bonchev–Trinajstić information content (AvgIpc) is 2.34. The zero-order valence-electron chi connectivity index (χ0n) is 13.6. The highest BCUT2D eigenvalue weighted by molar-refractivity contribution is 5.73. The summed E-state index contributed by atoms with van der Waals surface area (Å²) >= 11 is 0. The highest BCUT2D eigenvalue weighted by atomic mass is 16.3. The van der Waals surface area contributed by atoms with Gasteiger partial charge in [0.05, 0.1) is 6.10 Å². The first kappa shape index (κ1) is 17.5. The first-order valence-corrected chi connectivity index (χ1v) is 7.63. The normalized spacial score (nSPS) is 13.6. The molecule has 0 aliphatic heterocycles. The number of aliphatic hydroxyl groups is 1. The van der Waals surface area contributed by atoms with Crippen LogP contribution in [0.5, 0.6) is 0 Å². The zero-order chi connectivity index (χ0) is 15.8. The van der Waals surface area contributed by atoms with Gasteiger partial charge in [-0.25, -0.2) is 4.79 Å². The van der Waals surface area contributed by atoms with E-state index >= 15 is 0 Å². The highest BCUT2D eigenvalue weighted by Gasteiger charge is 2.07. The molecule has 1 rings (SSSR count). The van der Waals surface area contributed by atoms with Crippen molar-refractivity contribution in [3.05, 3.63) is 34.9 Å². The molecule has 118 valence electrons. The molecule has 4 heteroatoms. The van der Waals surface area contributed by atoms with Crippen LogP contribution in [0.3, 0.4) is 0 Å². The Morgan fingerprint density at radius 2 is 1.76 bits per heavy atom. The maximum Gasteiger partial charge on any atom is 0.314 e. The maximum absolute atomic E-state index is 11.7. The first-order valence-electron chi connectivity index (χ1n) is 7.63. The van der Waals surface area contributed by atoms with Crippen molar-refractivity contribution in [2.24, 2.45) is 5.92 Å². The number of aliphatic hydroxyl groups excluding tert-OH is 1. The van der Waals surface area contributed by atoms with Gasteiger partial charge >= 0.3 is 6.03 Å². The molecule has 0 heterocycles. The van der Waals surface area contributed by atoms with E-state index in [2.05, 4.69) is 42.7 Å². The molecule has 0 aliphatic rings. The highest BCUT2D eigenvalue weighted by Crippen LogP contribution is 2.09. The number of urea groups is 1. The van der Waals surface area contributed by atoms with E-state index in [4.69, 9.17) is 0 Å². The summed E-state index contributed by atoms with van der Waals surface area (Å²) in [6.45, 7) is 9.16. The van der Waals surface area contributed by atoms with Crippen LogP contribution in [0, 0.1) is 19.8 Å². The van der Waals surface area contributed by atoms with Crippen LogP contribution in [-0.2, 0) is 6.42 Å². The monoisotopic (exact) mass is 292 g/mol. The number of nitrogens with one attached hydrogen (secondary N) is 2. The van der Waals surface area contributed by atoms with E-state index in [0.717, 1.165) is 6.42 Å². The largest absolute Gasteiger partial charge is 0.393 e. The second-order valence-electron chi connectivity index (χ2n) is 6.07. The molecule has 0 aliphatic carbocycles. The van der Waals surface area contributed by atoms with Crippen LogP contribution in [-0.4, -0.2) is 30.3 Å². The summed E-state index contributed by atoms with van der Waals surface area (Å²) < 4.78 is 0. The molecule has 2 unspecified atom stereocenters. The van der Waals surface area contributed by atoms with Crippen LogP contribution < -0.4 is 10.6 Å². The van der Waals surface area contributed by atoms with Crippen molar-refractivity contribution < 1.29 is 9.90 Å². The summed E-state index contributed by atoms with van der Waals surface area (Å²) in [4.78, 5) is 11.7. The maximum atomic E-state index is 11.7. The van der Waals surface area contributed by atoms with Gasteiger partial charge in [-0.2, -0.15) is 0 Å². The number of benzene rings is 1. The van der Waals surface area contributed by atoms with Gasteiger partial charge in [-0.3, -0.25) is 0 Å². The topological polar surface area (TPSA) is 61.4 Å². The molecule has 2 amide bonds. The van der Waals surface area contributed by atoms with Gasteiger partial charge in [0, 0.05) is 13.1 Å².